The molecule has 0 aliphatic heterocycles. The molecule has 2 rings (SSSR count). The van der Waals surface area contributed by atoms with Gasteiger partial charge in [-0.15, -0.1) is 0 Å². The van der Waals surface area contributed by atoms with Crippen LogP contribution >= 0.6 is 0 Å². The van der Waals surface area contributed by atoms with Crippen molar-refractivity contribution in [2.75, 3.05) is 6.54 Å². The maximum absolute atomic E-state index is 12.4. The van der Waals surface area contributed by atoms with Crippen LogP contribution in [0.15, 0.2) is 48.5 Å². The van der Waals surface area contributed by atoms with Crippen LogP contribution in [-0.4, -0.2) is 27.6 Å². The van der Waals surface area contributed by atoms with Gasteiger partial charge in [-0.1, -0.05) is 30.3 Å². The quantitative estimate of drug-likeness (QED) is 0.841. The number of aromatic hydroxyl groups is 2. The van der Waals surface area contributed by atoms with Crippen LogP contribution in [0.3, 0.4) is 0 Å². The molecule has 0 atom stereocenters. The highest BCUT2D eigenvalue weighted by molar-refractivity contribution is 5.94. The summed E-state index contributed by atoms with van der Waals surface area (Å²) >= 11 is 0. The first-order chi connectivity index (χ1) is 9.61. The Balaban J connectivity index is 2.18. The van der Waals surface area contributed by atoms with E-state index in [1.165, 1.54) is 18.2 Å². The van der Waals surface area contributed by atoms with E-state index in [0.29, 0.717) is 18.7 Å². The van der Waals surface area contributed by atoms with Crippen LogP contribution in [0.1, 0.15) is 22.8 Å². The van der Waals surface area contributed by atoms with Crippen LogP contribution in [0.25, 0.3) is 0 Å². The average Bonchev–Trinajstić information content (AvgIpc) is 2.48. The van der Waals surface area contributed by atoms with Crippen LogP contribution in [0.5, 0.6) is 11.5 Å². The van der Waals surface area contributed by atoms with Crippen LogP contribution in [0.2, 0.25) is 0 Å². The second kappa shape index (κ2) is 6.10. The fraction of sp³-hybridized carbons (Fsp3) is 0.188. The predicted octanol–water partition coefficient (Wildman–Crippen LogP) is 2.76. The Labute approximate surface area is 117 Å². The van der Waals surface area contributed by atoms with Gasteiger partial charge in [0.05, 0.1) is 0 Å². The lowest BCUT2D eigenvalue weighted by Crippen LogP contribution is -2.30. The molecule has 4 heteroatoms. The molecule has 0 aliphatic carbocycles. The van der Waals surface area contributed by atoms with Gasteiger partial charge in [0.2, 0.25) is 0 Å². The molecule has 0 bridgehead atoms. The molecule has 1 amide bonds. The van der Waals surface area contributed by atoms with Crippen molar-refractivity contribution in [2.45, 2.75) is 13.5 Å². The zero-order valence-electron chi connectivity index (χ0n) is 11.3. The Morgan fingerprint density at radius 2 is 1.75 bits per heavy atom. The van der Waals surface area contributed by atoms with Crippen molar-refractivity contribution >= 4 is 5.91 Å². The molecule has 4 nitrogen and oxygen atoms in total. The van der Waals surface area contributed by atoms with Gasteiger partial charge in [-0.3, -0.25) is 4.79 Å². The van der Waals surface area contributed by atoms with E-state index < -0.39 is 0 Å². The van der Waals surface area contributed by atoms with Crippen LogP contribution < -0.4 is 0 Å². The molecule has 0 unspecified atom stereocenters. The van der Waals surface area contributed by atoms with Gasteiger partial charge in [0.1, 0.15) is 0 Å². The fourth-order valence-corrected chi connectivity index (χ4v) is 1.97. The smallest absolute Gasteiger partial charge is 0.254 e. The summed E-state index contributed by atoms with van der Waals surface area (Å²) in [6.07, 6.45) is 0. The zero-order valence-corrected chi connectivity index (χ0v) is 11.3. The second-order valence-corrected chi connectivity index (χ2v) is 4.51. The van der Waals surface area contributed by atoms with E-state index in [9.17, 15) is 15.0 Å². The average molecular weight is 271 g/mol. The van der Waals surface area contributed by atoms with Crippen molar-refractivity contribution < 1.29 is 15.0 Å². The molecule has 0 fully saturated rings. The van der Waals surface area contributed by atoms with Gasteiger partial charge in [0, 0.05) is 18.7 Å². The van der Waals surface area contributed by atoms with Gasteiger partial charge in [0.25, 0.3) is 5.91 Å². The standard InChI is InChI=1S/C16H17NO3/c1-2-17(11-12-6-4-3-5-7-12)16(20)13-8-9-14(18)15(19)10-13/h3-10,18-19H,2,11H2,1H3. The topological polar surface area (TPSA) is 60.8 Å². The van der Waals surface area contributed by atoms with Crippen LogP contribution in [0, 0.1) is 0 Å². The maximum Gasteiger partial charge on any atom is 0.254 e. The molecule has 0 aromatic heterocycles. The molecule has 104 valence electrons. The molecule has 2 aromatic carbocycles. The summed E-state index contributed by atoms with van der Waals surface area (Å²) in [5.74, 6) is -0.689. The number of rotatable bonds is 4. The zero-order chi connectivity index (χ0) is 14.5. The number of hydrogen-bond donors (Lipinski definition) is 2. The lowest BCUT2D eigenvalue weighted by atomic mass is 10.1. The van der Waals surface area contributed by atoms with Gasteiger partial charge in [0.15, 0.2) is 11.5 Å². The minimum atomic E-state index is -0.286. The number of carbonyl (C=O) groups excluding carboxylic acids is 1. The Hall–Kier alpha value is -2.49. The number of nitrogens with zero attached hydrogens (tertiary/aromatic N) is 1. The van der Waals surface area contributed by atoms with Gasteiger partial charge in [-0.05, 0) is 30.7 Å². The highest BCUT2D eigenvalue weighted by atomic mass is 16.3. The van der Waals surface area contributed by atoms with Crippen molar-refractivity contribution in [1.29, 1.82) is 0 Å². The second-order valence-electron chi connectivity index (χ2n) is 4.51. The number of amides is 1. The van der Waals surface area contributed by atoms with Crippen LogP contribution in [0.4, 0.5) is 0 Å². The summed E-state index contributed by atoms with van der Waals surface area (Å²) in [5, 5.41) is 18.8. The minimum Gasteiger partial charge on any atom is -0.504 e. The first kappa shape index (κ1) is 13.9. The molecule has 0 spiro atoms. The first-order valence-corrected chi connectivity index (χ1v) is 6.47. The molecule has 20 heavy (non-hydrogen) atoms. The number of carbonyl (C=O) groups is 1. The van der Waals surface area contributed by atoms with E-state index in [2.05, 4.69) is 0 Å². The summed E-state index contributed by atoms with van der Waals surface area (Å²) in [7, 11) is 0. The minimum absolute atomic E-state index is 0.174. The van der Waals surface area contributed by atoms with Gasteiger partial charge < -0.3 is 15.1 Å². The Morgan fingerprint density at radius 1 is 1.05 bits per heavy atom. The number of phenols is 2. The molecular formula is C16H17NO3. The molecule has 0 saturated heterocycles. The SMILES string of the molecule is CCN(Cc1ccccc1)C(=O)c1ccc(O)c(O)c1. The molecule has 0 radical (unpaired) electrons. The number of benzene rings is 2. The Bertz CT molecular complexity index is 596. The lowest BCUT2D eigenvalue weighted by Gasteiger charge is -2.21. The summed E-state index contributed by atoms with van der Waals surface area (Å²) in [6.45, 7) is 2.98. The third-order valence-corrected chi connectivity index (χ3v) is 3.11. The highest BCUT2D eigenvalue weighted by Gasteiger charge is 2.15. The van der Waals surface area contributed by atoms with E-state index >= 15 is 0 Å². The molecule has 0 heterocycles. The maximum atomic E-state index is 12.4. The van der Waals surface area contributed by atoms with Gasteiger partial charge in [-0.2, -0.15) is 0 Å². The van der Waals surface area contributed by atoms with Crippen molar-refractivity contribution in [3.63, 3.8) is 0 Å². The predicted molar refractivity (Wildman–Crippen MR) is 76.6 cm³/mol. The summed E-state index contributed by atoms with van der Waals surface area (Å²) in [6, 6.07) is 13.8. The molecule has 2 aromatic rings. The van der Waals surface area contributed by atoms with Crippen molar-refractivity contribution in [3.05, 3.63) is 59.7 Å². The van der Waals surface area contributed by atoms with Crippen LogP contribution in [-0.2, 0) is 6.54 Å². The van der Waals surface area contributed by atoms with E-state index in [1.54, 1.807) is 4.90 Å². The Morgan fingerprint density at radius 3 is 2.35 bits per heavy atom. The molecule has 0 aliphatic rings. The lowest BCUT2D eigenvalue weighted by molar-refractivity contribution is 0.0752. The third kappa shape index (κ3) is 3.09. The summed E-state index contributed by atoms with van der Waals surface area (Å²) in [5.41, 5.74) is 1.41. The van der Waals surface area contributed by atoms with E-state index in [0.717, 1.165) is 5.56 Å². The number of hydrogen-bond acceptors (Lipinski definition) is 3. The summed E-state index contributed by atoms with van der Waals surface area (Å²) in [4.78, 5) is 14.1. The highest BCUT2D eigenvalue weighted by Crippen LogP contribution is 2.25. The first-order valence-electron chi connectivity index (χ1n) is 6.47. The largest absolute Gasteiger partial charge is 0.504 e. The normalized spacial score (nSPS) is 10.2. The van der Waals surface area contributed by atoms with Crippen molar-refractivity contribution in [2.24, 2.45) is 0 Å². The van der Waals surface area contributed by atoms with Gasteiger partial charge in [-0.25, -0.2) is 0 Å². The molecular weight excluding hydrogens is 254 g/mol. The van der Waals surface area contributed by atoms with Gasteiger partial charge >= 0.3 is 0 Å². The van der Waals surface area contributed by atoms with Crippen molar-refractivity contribution in [1.82, 2.24) is 4.90 Å². The summed E-state index contributed by atoms with van der Waals surface area (Å²) < 4.78 is 0. The fourth-order valence-electron chi connectivity index (χ4n) is 1.97. The molecule has 0 saturated carbocycles. The third-order valence-electron chi connectivity index (χ3n) is 3.11. The Kier molecular flexibility index (Phi) is 4.25. The van der Waals surface area contributed by atoms with Crippen molar-refractivity contribution in [3.8, 4) is 11.5 Å². The van der Waals surface area contributed by atoms with E-state index in [4.69, 9.17) is 0 Å². The van der Waals surface area contributed by atoms with E-state index in [1.807, 2.05) is 37.3 Å². The molecule has 2 N–H and O–H groups in total. The van der Waals surface area contributed by atoms with E-state index in [-0.39, 0.29) is 17.4 Å². The monoisotopic (exact) mass is 271 g/mol. The number of phenolic OH excluding ortho intramolecular Hbond substituents is 2.